The minimum absolute atomic E-state index is 0.0527. The average molecular weight is 429 g/mol. The Morgan fingerprint density at radius 2 is 1.57 bits per heavy atom. The van der Waals surface area contributed by atoms with Crippen LogP contribution < -0.4 is 10.6 Å². The zero-order valence-corrected chi connectivity index (χ0v) is 19.0. The Labute approximate surface area is 177 Å². The van der Waals surface area contributed by atoms with Crippen molar-refractivity contribution in [2.45, 2.75) is 70.4 Å². The fourth-order valence-corrected chi connectivity index (χ4v) is 4.43. The Morgan fingerprint density at radius 3 is 2.14 bits per heavy atom. The van der Waals surface area contributed by atoms with E-state index < -0.39 is 5.82 Å². The van der Waals surface area contributed by atoms with Crippen molar-refractivity contribution in [3.8, 4) is 0 Å². The zero-order chi connectivity index (χ0) is 20.9. The quantitative estimate of drug-likeness (QED) is 0.423. The lowest BCUT2D eigenvalue weighted by Crippen LogP contribution is -2.31. The van der Waals surface area contributed by atoms with Gasteiger partial charge in [0, 0.05) is 17.8 Å². The van der Waals surface area contributed by atoms with Crippen LogP contribution >= 0.6 is 23.5 Å². The third kappa shape index (κ3) is 8.86. The monoisotopic (exact) mass is 428 g/mol. The molecule has 0 saturated heterocycles. The number of unbranched alkanes of at least 4 members (excludes halogenated alkanes) is 2. The van der Waals surface area contributed by atoms with E-state index in [-0.39, 0.29) is 28.9 Å². The molecule has 7 heteroatoms. The van der Waals surface area contributed by atoms with Crippen molar-refractivity contribution < 1.29 is 14.0 Å². The van der Waals surface area contributed by atoms with Crippen LogP contribution in [0.4, 0.5) is 10.1 Å². The predicted octanol–water partition coefficient (Wildman–Crippen LogP) is 5.22. The third-order valence-electron chi connectivity index (χ3n) is 4.29. The number of hydrogen-bond acceptors (Lipinski definition) is 4. The van der Waals surface area contributed by atoms with Crippen molar-refractivity contribution >= 4 is 41.0 Å². The van der Waals surface area contributed by atoms with Crippen molar-refractivity contribution in [3.63, 3.8) is 0 Å². The Hall–Kier alpha value is -1.21. The first-order valence-corrected chi connectivity index (χ1v) is 12.1. The lowest BCUT2D eigenvalue weighted by molar-refractivity contribution is -0.120. The number of hydrogen-bond donors (Lipinski definition) is 2. The molecule has 0 aliphatic heterocycles. The average Bonchev–Trinajstić information content (AvgIpc) is 2.67. The maximum Gasteiger partial charge on any atom is 0.237 e. The van der Waals surface area contributed by atoms with Crippen molar-refractivity contribution in [1.29, 1.82) is 0 Å². The van der Waals surface area contributed by atoms with Gasteiger partial charge in [-0.15, -0.1) is 23.5 Å². The molecule has 0 heterocycles. The molecule has 0 bridgehead atoms. The summed E-state index contributed by atoms with van der Waals surface area (Å²) in [5, 5.41) is 5.21. The minimum Gasteiger partial charge on any atom is -0.351 e. The SMILES string of the molecule is CCCCSC(C)C(=O)NCc1c(F)cccc1NC(=O)C(C)SCCCC. The molecule has 1 aromatic rings. The van der Waals surface area contributed by atoms with Crippen LogP contribution in [0.25, 0.3) is 0 Å². The Kier molecular flexibility index (Phi) is 12.3. The number of carbonyl (C=O) groups is 2. The molecule has 2 unspecified atom stereocenters. The number of rotatable bonds is 13. The molecular formula is C21H33FN2O2S2. The third-order valence-corrected chi connectivity index (χ3v) is 6.76. The van der Waals surface area contributed by atoms with Crippen molar-refractivity contribution in [3.05, 3.63) is 29.6 Å². The summed E-state index contributed by atoms with van der Waals surface area (Å²) in [6.45, 7) is 7.99. The van der Waals surface area contributed by atoms with Gasteiger partial charge in [-0.25, -0.2) is 4.39 Å². The van der Waals surface area contributed by atoms with Gasteiger partial charge in [0.25, 0.3) is 0 Å². The predicted molar refractivity (Wildman–Crippen MR) is 121 cm³/mol. The molecule has 0 saturated carbocycles. The molecule has 0 aliphatic carbocycles. The van der Waals surface area contributed by atoms with Crippen LogP contribution in [0, 0.1) is 5.82 Å². The van der Waals surface area contributed by atoms with Crippen LogP contribution in [0.2, 0.25) is 0 Å². The maximum atomic E-state index is 14.3. The van der Waals surface area contributed by atoms with Crippen molar-refractivity contribution in [2.24, 2.45) is 0 Å². The lowest BCUT2D eigenvalue weighted by atomic mass is 10.1. The van der Waals surface area contributed by atoms with Crippen LogP contribution in [0.15, 0.2) is 18.2 Å². The van der Waals surface area contributed by atoms with E-state index in [1.165, 1.54) is 6.07 Å². The molecule has 0 fully saturated rings. The highest BCUT2D eigenvalue weighted by molar-refractivity contribution is 8.00. The number of thioether (sulfide) groups is 2. The van der Waals surface area contributed by atoms with Gasteiger partial charge in [-0.05, 0) is 50.3 Å². The van der Waals surface area contributed by atoms with Gasteiger partial charge in [0.05, 0.1) is 10.5 Å². The minimum atomic E-state index is -0.435. The van der Waals surface area contributed by atoms with E-state index in [9.17, 15) is 14.0 Å². The van der Waals surface area contributed by atoms with Gasteiger partial charge in [-0.2, -0.15) is 0 Å². The van der Waals surface area contributed by atoms with Crippen molar-refractivity contribution in [2.75, 3.05) is 16.8 Å². The van der Waals surface area contributed by atoms with Crippen LogP contribution in [-0.2, 0) is 16.1 Å². The molecule has 2 amide bonds. The second kappa shape index (κ2) is 13.9. The smallest absolute Gasteiger partial charge is 0.237 e. The van der Waals surface area contributed by atoms with E-state index in [0.29, 0.717) is 11.3 Å². The van der Waals surface area contributed by atoms with Gasteiger partial charge in [0.2, 0.25) is 11.8 Å². The topological polar surface area (TPSA) is 58.2 Å². The summed E-state index contributed by atoms with van der Waals surface area (Å²) >= 11 is 3.19. The second-order valence-electron chi connectivity index (χ2n) is 6.71. The Morgan fingerprint density at radius 1 is 1.00 bits per heavy atom. The highest BCUT2D eigenvalue weighted by Gasteiger charge is 2.18. The number of nitrogens with one attached hydrogen (secondary N) is 2. The summed E-state index contributed by atoms with van der Waals surface area (Å²) in [4.78, 5) is 24.7. The Bertz CT molecular complexity index is 628. The summed E-state index contributed by atoms with van der Waals surface area (Å²) in [6.07, 6.45) is 4.31. The van der Waals surface area contributed by atoms with E-state index >= 15 is 0 Å². The van der Waals surface area contributed by atoms with Gasteiger partial charge in [-0.1, -0.05) is 32.8 Å². The number of amides is 2. The first-order chi connectivity index (χ1) is 13.4. The molecule has 0 aromatic heterocycles. The van der Waals surface area contributed by atoms with E-state index in [4.69, 9.17) is 0 Å². The number of benzene rings is 1. The summed E-state index contributed by atoms with van der Waals surface area (Å²) in [6, 6.07) is 4.58. The summed E-state index contributed by atoms with van der Waals surface area (Å²) in [5.74, 6) is 1.15. The number of halogens is 1. The standard InChI is InChI=1S/C21H33FN2O2S2/c1-5-7-12-27-15(3)20(25)23-14-17-18(22)10-9-11-19(17)24-21(26)16(4)28-13-8-6-2/h9-11,15-16H,5-8,12-14H2,1-4H3,(H,23,25)(H,24,26). The highest BCUT2D eigenvalue weighted by atomic mass is 32.2. The van der Waals surface area contributed by atoms with Crippen LogP contribution in [0.5, 0.6) is 0 Å². The molecule has 0 radical (unpaired) electrons. The highest BCUT2D eigenvalue weighted by Crippen LogP contribution is 2.22. The van der Waals surface area contributed by atoms with E-state index in [1.54, 1.807) is 35.7 Å². The first kappa shape index (κ1) is 24.8. The molecule has 1 aromatic carbocycles. The summed E-state index contributed by atoms with van der Waals surface area (Å²) < 4.78 is 14.3. The number of anilines is 1. The lowest BCUT2D eigenvalue weighted by Gasteiger charge is -2.17. The molecule has 158 valence electrons. The molecule has 28 heavy (non-hydrogen) atoms. The molecule has 4 nitrogen and oxygen atoms in total. The Balaban J connectivity index is 2.67. The number of carbonyl (C=O) groups excluding carboxylic acids is 2. The molecule has 2 N–H and O–H groups in total. The van der Waals surface area contributed by atoms with E-state index in [2.05, 4.69) is 24.5 Å². The first-order valence-electron chi connectivity index (χ1n) is 9.99. The van der Waals surface area contributed by atoms with E-state index in [1.807, 2.05) is 13.8 Å². The van der Waals surface area contributed by atoms with Crippen molar-refractivity contribution in [1.82, 2.24) is 5.32 Å². The van der Waals surface area contributed by atoms with Gasteiger partial charge in [0.15, 0.2) is 0 Å². The fourth-order valence-electron chi connectivity index (χ4n) is 2.37. The molecule has 1 rings (SSSR count). The molecule has 0 aliphatic rings. The van der Waals surface area contributed by atoms with Gasteiger partial charge in [-0.3, -0.25) is 9.59 Å². The second-order valence-corrected chi connectivity index (χ2v) is 9.60. The molecular weight excluding hydrogens is 395 g/mol. The van der Waals surface area contributed by atoms with Crippen LogP contribution in [0.1, 0.15) is 58.9 Å². The van der Waals surface area contributed by atoms with Crippen LogP contribution in [0.3, 0.4) is 0 Å². The largest absolute Gasteiger partial charge is 0.351 e. The summed E-state index contributed by atoms with van der Waals surface area (Å²) in [5.41, 5.74) is 0.722. The summed E-state index contributed by atoms with van der Waals surface area (Å²) in [7, 11) is 0. The normalized spacial score (nSPS) is 13.0. The fraction of sp³-hybridized carbons (Fsp3) is 0.619. The maximum absolute atomic E-state index is 14.3. The van der Waals surface area contributed by atoms with Crippen LogP contribution in [-0.4, -0.2) is 33.8 Å². The zero-order valence-electron chi connectivity index (χ0n) is 17.3. The van der Waals surface area contributed by atoms with Gasteiger partial charge < -0.3 is 10.6 Å². The van der Waals surface area contributed by atoms with E-state index in [0.717, 1.165) is 37.2 Å². The van der Waals surface area contributed by atoms with Gasteiger partial charge in [0.1, 0.15) is 5.82 Å². The van der Waals surface area contributed by atoms with Gasteiger partial charge >= 0.3 is 0 Å². The molecule has 0 spiro atoms. The molecule has 2 atom stereocenters.